The third kappa shape index (κ3) is 13.6. The molecule has 0 radical (unpaired) electrons. The van der Waals surface area contributed by atoms with Gasteiger partial charge in [-0.3, -0.25) is 29.0 Å². The van der Waals surface area contributed by atoms with Crippen LogP contribution in [0.15, 0.2) is 84.9 Å². The van der Waals surface area contributed by atoms with E-state index in [0.717, 1.165) is 78.0 Å². The molecule has 0 saturated carbocycles. The Balaban J connectivity index is 0.708. The molecule has 4 saturated heterocycles. The smallest absolute Gasteiger partial charge is 0.319 e. The van der Waals surface area contributed by atoms with Gasteiger partial charge < -0.3 is 45.2 Å². The Bertz CT molecular complexity index is 3390. The zero-order chi connectivity index (χ0) is 59.6. The van der Waals surface area contributed by atoms with Gasteiger partial charge in [-0.15, -0.1) is 11.3 Å². The number of aromatic nitrogens is 3. The highest BCUT2D eigenvalue weighted by molar-refractivity contribution is 7.13. The van der Waals surface area contributed by atoms with Gasteiger partial charge >= 0.3 is 6.01 Å². The summed E-state index contributed by atoms with van der Waals surface area (Å²) in [6, 6.07) is 18.1. The molecule has 4 amide bonds. The largest absolute Gasteiger partial charge is 0.508 e. The second-order valence-corrected chi connectivity index (χ2v) is 25.4. The quantitative estimate of drug-likeness (QED) is 0.0649. The second-order valence-electron chi connectivity index (χ2n) is 24.1. The number of nitrogens with zero attached hydrogens (tertiary/aromatic N) is 9. The molecule has 6 aromatic rings. The van der Waals surface area contributed by atoms with Crippen molar-refractivity contribution >= 4 is 74.1 Å². The molecule has 21 heteroatoms. The number of phenols is 1. The number of ether oxygens (including phenoxy) is 1. The predicted molar refractivity (Wildman–Crippen MR) is 327 cm³/mol. The molecule has 4 aliphatic rings. The number of aliphatic hydroxyl groups excluding tert-OH is 1. The number of piperazine rings is 2. The van der Waals surface area contributed by atoms with Crippen LogP contribution in [0.1, 0.15) is 71.2 Å². The van der Waals surface area contributed by atoms with E-state index in [1.165, 1.54) is 17.0 Å². The van der Waals surface area contributed by atoms with Crippen LogP contribution in [0.3, 0.4) is 0 Å². The number of hydrogen-bond acceptors (Lipinski definition) is 15. The second kappa shape index (κ2) is 25.8. The van der Waals surface area contributed by atoms with Crippen LogP contribution >= 0.6 is 22.9 Å². The fourth-order valence-electron chi connectivity index (χ4n) is 12.3. The molecule has 18 nitrogen and oxygen atoms in total. The minimum atomic E-state index is -0.917. The van der Waals surface area contributed by atoms with Gasteiger partial charge in [-0.25, -0.2) is 9.37 Å². The fraction of sp³-hybridized carbons (Fsp3) is 0.476. The molecule has 4 N–H and O–H groups in total. The van der Waals surface area contributed by atoms with Gasteiger partial charge in [0.25, 0.3) is 0 Å². The summed E-state index contributed by atoms with van der Waals surface area (Å²) in [6.07, 6.45) is 2.20. The third-order valence-corrected chi connectivity index (χ3v) is 18.2. The Morgan fingerprint density at radius 2 is 1.60 bits per heavy atom. The number of hydrogen-bond donors (Lipinski definition) is 4. The first-order valence-corrected chi connectivity index (χ1v) is 30.5. The van der Waals surface area contributed by atoms with E-state index < -0.39 is 29.4 Å². The molecule has 0 unspecified atom stereocenters. The summed E-state index contributed by atoms with van der Waals surface area (Å²) in [5, 5.41) is 29.6. The number of thiazole rings is 1. The van der Waals surface area contributed by atoms with Crippen LogP contribution in [0.25, 0.3) is 43.2 Å². The van der Waals surface area contributed by atoms with E-state index in [1.807, 2.05) is 100 Å². The molecule has 4 aliphatic heterocycles. The molecule has 446 valence electrons. The van der Waals surface area contributed by atoms with Crippen molar-refractivity contribution in [1.29, 1.82) is 0 Å². The summed E-state index contributed by atoms with van der Waals surface area (Å²) in [5.41, 5.74) is 4.65. The van der Waals surface area contributed by atoms with Crippen LogP contribution in [0, 0.1) is 24.1 Å². The van der Waals surface area contributed by atoms with E-state index in [4.69, 9.17) is 26.3 Å². The standard InChI is InChI=1S/C63H77ClFN11O7S/c1-8-53(80)74-25-27-75(28-26-74)59-49-32-50(64)54(48-30-45(77)29-44-11-9-10-12-47(44)48)55(65)56(49)69-62(70-59)83-38(2)33-71-19-17-41(18-20-71)34-72-21-23-73(24-22-72)36-52(79)68-58(63(5,6)7)61(82)76-35-46(78)31-51(76)60(81)67-39(3)42-13-15-43(16-14-42)57-40(4)66-37-84-57/h8-16,29-30,32,37-39,41,46,51,58,77-78H,1,17-28,31,33-36H2,2-7H3,(H,67,81)(H,68,79)/t38-,39+,46+,51+,58-/m1/s1. The van der Waals surface area contributed by atoms with E-state index in [9.17, 15) is 29.4 Å². The van der Waals surface area contributed by atoms with Gasteiger partial charge in [-0.1, -0.05) is 87.5 Å². The van der Waals surface area contributed by atoms with E-state index in [0.29, 0.717) is 68.5 Å². The number of halogens is 2. The number of aromatic hydroxyl groups is 1. The molecule has 4 fully saturated rings. The lowest BCUT2D eigenvalue weighted by atomic mass is 9.85. The normalized spacial score (nSPS) is 19.8. The van der Waals surface area contributed by atoms with Gasteiger partial charge in [-0.05, 0) is 110 Å². The maximum Gasteiger partial charge on any atom is 0.319 e. The number of amides is 4. The lowest BCUT2D eigenvalue weighted by molar-refractivity contribution is -0.144. The minimum Gasteiger partial charge on any atom is -0.508 e. The first-order valence-electron chi connectivity index (χ1n) is 29.2. The van der Waals surface area contributed by atoms with Crippen molar-refractivity contribution in [2.24, 2.45) is 11.3 Å². The number of anilines is 1. The number of carbonyl (C=O) groups is 4. The number of carbonyl (C=O) groups excluding carboxylic acids is 4. The third-order valence-electron chi connectivity index (χ3n) is 17.0. The molecule has 0 bridgehead atoms. The Hall–Kier alpha value is -6.81. The average molecular weight is 1190 g/mol. The molecule has 2 aromatic heterocycles. The van der Waals surface area contributed by atoms with Crippen LogP contribution in [-0.2, 0) is 19.2 Å². The molecular weight excluding hydrogens is 1110 g/mol. The summed E-state index contributed by atoms with van der Waals surface area (Å²) in [7, 11) is 0. The highest BCUT2D eigenvalue weighted by atomic mass is 35.5. The highest BCUT2D eigenvalue weighted by Gasteiger charge is 2.45. The summed E-state index contributed by atoms with van der Waals surface area (Å²) >= 11 is 8.54. The SMILES string of the molecule is C=CC(=O)N1CCN(c2nc(O[C@H](C)CN3CCC(CN4CCN(CC(=O)N[C@H](C(=O)N5C[C@@H](O)C[C@H]5C(=O)N[C@@H](C)c5ccc(-c6scnc6C)cc5)C(C)(C)C)CC4)CC3)nc3c(F)c(-c4cc(O)cc5ccccc45)c(Cl)cc23)CC1. The lowest BCUT2D eigenvalue weighted by Gasteiger charge is -2.39. The van der Waals surface area contributed by atoms with Gasteiger partial charge in [0.05, 0.1) is 39.8 Å². The number of fused-ring (bicyclic) bond motifs is 2. The van der Waals surface area contributed by atoms with Crippen molar-refractivity contribution < 1.29 is 38.5 Å². The number of benzene rings is 4. The number of aliphatic hydroxyl groups is 1. The van der Waals surface area contributed by atoms with Gasteiger partial charge in [0.1, 0.15) is 35.3 Å². The average Bonchev–Trinajstić information content (AvgIpc) is 4.23. The Morgan fingerprint density at radius 1 is 0.893 bits per heavy atom. The Morgan fingerprint density at radius 3 is 2.27 bits per heavy atom. The molecule has 5 atom stereocenters. The number of piperidine rings is 1. The number of aryl methyl sites for hydroxylation is 1. The fourth-order valence-corrected chi connectivity index (χ4v) is 13.4. The zero-order valence-electron chi connectivity index (χ0n) is 48.8. The lowest BCUT2D eigenvalue weighted by Crippen LogP contribution is -2.59. The van der Waals surface area contributed by atoms with Crippen molar-refractivity contribution in [3.05, 3.63) is 107 Å². The molecule has 4 aromatic carbocycles. The van der Waals surface area contributed by atoms with Crippen molar-refractivity contribution in [3.63, 3.8) is 0 Å². The molecule has 6 heterocycles. The number of rotatable bonds is 17. The molecule has 84 heavy (non-hydrogen) atoms. The maximum absolute atomic E-state index is 17.2. The van der Waals surface area contributed by atoms with E-state index >= 15 is 4.39 Å². The molecule has 10 rings (SSSR count). The molecule has 0 spiro atoms. The van der Waals surface area contributed by atoms with Crippen LogP contribution in [0.4, 0.5) is 10.2 Å². The predicted octanol–water partition coefficient (Wildman–Crippen LogP) is 7.68. The van der Waals surface area contributed by atoms with E-state index in [2.05, 4.69) is 36.9 Å². The molecule has 0 aliphatic carbocycles. The van der Waals surface area contributed by atoms with Crippen molar-refractivity contribution in [2.45, 2.75) is 91.1 Å². The van der Waals surface area contributed by atoms with Crippen molar-refractivity contribution in [3.8, 4) is 33.3 Å². The minimum absolute atomic E-state index is 0.000306. The summed E-state index contributed by atoms with van der Waals surface area (Å²) < 4.78 is 23.7. The first kappa shape index (κ1) is 60.3. The number of likely N-dealkylation sites (tertiary alicyclic amines) is 2. The topological polar surface area (TPSA) is 200 Å². The maximum atomic E-state index is 17.2. The van der Waals surface area contributed by atoms with E-state index in [1.54, 1.807) is 28.4 Å². The summed E-state index contributed by atoms with van der Waals surface area (Å²) in [5.74, 6) is -0.891. The van der Waals surface area contributed by atoms with Crippen LogP contribution in [-0.4, -0.2) is 189 Å². The molecular formula is C63H77ClFN11O7S. The zero-order valence-corrected chi connectivity index (χ0v) is 50.4. The van der Waals surface area contributed by atoms with Crippen molar-refractivity contribution in [1.82, 2.24) is 50.1 Å². The van der Waals surface area contributed by atoms with Gasteiger partial charge in [0.15, 0.2) is 5.82 Å². The number of phenolic OH excluding ortho intramolecular Hbond substituents is 1. The summed E-state index contributed by atoms with van der Waals surface area (Å²) in [6.45, 7) is 23.4. The van der Waals surface area contributed by atoms with Gasteiger partial charge in [-0.2, -0.15) is 9.97 Å². The highest BCUT2D eigenvalue weighted by Crippen LogP contribution is 2.43. The summed E-state index contributed by atoms with van der Waals surface area (Å²) in [4.78, 5) is 81.6. The van der Waals surface area contributed by atoms with E-state index in [-0.39, 0.29) is 83.1 Å². The van der Waals surface area contributed by atoms with Crippen LogP contribution < -0.4 is 20.3 Å². The van der Waals surface area contributed by atoms with Crippen molar-refractivity contribution in [2.75, 3.05) is 96.5 Å². The van der Waals surface area contributed by atoms with Crippen LogP contribution in [0.5, 0.6) is 11.8 Å². The Kier molecular flexibility index (Phi) is 18.5. The Labute approximate surface area is 499 Å². The van der Waals surface area contributed by atoms with Gasteiger partial charge in [0.2, 0.25) is 23.6 Å². The number of nitrogens with one attached hydrogen (secondary N) is 2. The van der Waals surface area contributed by atoms with Crippen LogP contribution in [0.2, 0.25) is 5.02 Å². The van der Waals surface area contributed by atoms with Gasteiger partial charge in [0, 0.05) is 89.4 Å². The number of β-amino-alcohol motifs (C(OH)–C–C–N with tert-alkyl or cyclic N) is 1. The first-order chi connectivity index (χ1) is 40.2. The monoisotopic (exact) mass is 1190 g/mol.